The van der Waals surface area contributed by atoms with Gasteiger partial charge in [-0.15, -0.1) is 0 Å². The van der Waals surface area contributed by atoms with Crippen LogP contribution in [0.3, 0.4) is 0 Å². The molecule has 1 atom stereocenters. The molecule has 3 rings (SSSR count). The topological polar surface area (TPSA) is 89.5 Å². The first kappa shape index (κ1) is 15.2. The molecule has 1 aliphatic heterocycles. The summed E-state index contributed by atoms with van der Waals surface area (Å²) in [5.41, 5.74) is 9.01. The smallest absolute Gasteiger partial charge is 0.269 e. The molecule has 6 heteroatoms. The molecule has 0 spiro atoms. The summed E-state index contributed by atoms with van der Waals surface area (Å²) in [6.07, 6.45) is 0.285. The molecule has 118 valence electrons. The first-order valence-corrected chi connectivity index (χ1v) is 7.39. The minimum absolute atomic E-state index is 0.00993. The Balaban J connectivity index is 1.67. The number of nitro benzene ring substituents is 1. The van der Waals surface area contributed by atoms with Crippen molar-refractivity contribution in [2.45, 2.75) is 25.6 Å². The van der Waals surface area contributed by atoms with Gasteiger partial charge in [0, 0.05) is 25.2 Å². The summed E-state index contributed by atoms with van der Waals surface area (Å²) in [6, 6.07) is 13.5. The maximum absolute atomic E-state index is 12.5. The quantitative estimate of drug-likeness (QED) is 0.691. The van der Waals surface area contributed by atoms with Gasteiger partial charge in [-0.1, -0.05) is 36.4 Å². The Morgan fingerprint density at radius 3 is 2.43 bits per heavy atom. The van der Waals surface area contributed by atoms with Gasteiger partial charge in [0.05, 0.1) is 11.0 Å². The number of benzene rings is 2. The third-order valence-corrected chi connectivity index (χ3v) is 4.05. The molecule has 2 aromatic carbocycles. The van der Waals surface area contributed by atoms with Crippen molar-refractivity contribution in [2.24, 2.45) is 5.73 Å². The van der Waals surface area contributed by atoms with E-state index in [-0.39, 0.29) is 18.0 Å². The zero-order valence-electron chi connectivity index (χ0n) is 12.5. The van der Waals surface area contributed by atoms with Crippen molar-refractivity contribution in [3.63, 3.8) is 0 Å². The third-order valence-electron chi connectivity index (χ3n) is 4.05. The van der Waals surface area contributed by atoms with Gasteiger partial charge in [0.2, 0.25) is 5.91 Å². The predicted molar refractivity (Wildman–Crippen MR) is 85.5 cm³/mol. The van der Waals surface area contributed by atoms with Crippen LogP contribution in [0.25, 0.3) is 0 Å². The number of amides is 1. The van der Waals surface area contributed by atoms with Crippen LogP contribution in [0.5, 0.6) is 0 Å². The molecule has 0 aromatic heterocycles. The van der Waals surface area contributed by atoms with Crippen LogP contribution in [0.15, 0.2) is 48.5 Å². The van der Waals surface area contributed by atoms with E-state index in [1.807, 2.05) is 24.3 Å². The number of nitrogens with zero attached hydrogens (tertiary/aromatic N) is 2. The molecule has 0 saturated carbocycles. The first-order chi connectivity index (χ1) is 11.0. The summed E-state index contributed by atoms with van der Waals surface area (Å²) in [6.45, 7) is 1.13. The summed E-state index contributed by atoms with van der Waals surface area (Å²) in [7, 11) is 0. The van der Waals surface area contributed by atoms with E-state index in [2.05, 4.69) is 0 Å². The Hall–Kier alpha value is -2.73. The molecule has 2 N–H and O–H groups in total. The number of carbonyl (C=O) groups excluding carboxylic acids is 1. The van der Waals surface area contributed by atoms with Crippen LogP contribution in [0.2, 0.25) is 0 Å². The zero-order valence-corrected chi connectivity index (χ0v) is 12.5. The number of rotatable bonds is 4. The highest BCUT2D eigenvalue weighted by Gasteiger charge is 2.27. The molecular formula is C17H17N3O3. The lowest BCUT2D eigenvalue weighted by Crippen LogP contribution is -2.42. The van der Waals surface area contributed by atoms with Gasteiger partial charge in [0.1, 0.15) is 0 Å². The van der Waals surface area contributed by atoms with Crippen LogP contribution < -0.4 is 5.73 Å². The second-order valence-corrected chi connectivity index (χ2v) is 5.70. The van der Waals surface area contributed by atoms with Gasteiger partial charge < -0.3 is 10.6 Å². The lowest BCUT2D eigenvalue weighted by atomic mass is 10.0. The summed E-state index contributed by atoms with van der Waals surface area (Å²) >= 11 is 0. The average Bonchev–Trinajstić information content (AvgIpc) is 2.98. The maximum atomic E-state index is 12.5. The molecule has 0 radical (unpaired) electrons. The molecular weight excluding hydrogens is 294 g/mol. The molecule has 6 nitrogen and oxygen atoms in total. The van der Waals surface area contributed by atoms with Gasteiger partial charge in [-0.3, -0.25) is 14.9 Å². The minimum atomic E-state index is -0.702. The number of nitrogens with two attached hydrogens (primary N) is 1. The van der Waals surface area contributed by atoms with Crippen molar-refractivity contribution in [1.29, 1.82) is 0 Å². The average molecular weight is 311 g/mol. The molecule has 1 aliphatic rings. The van der Waals surface area contributed by atoms with E-state index in [0.717, 1.165) is 11.1 Å². The predicted octanol–water partition coefficient (Wildman–Crippen LogP) is 2.01. The normalized spacial score (nSPS) is 14.4. The Morgan fingerprint density at radius 1 is 1.17 bits per heavy atom. The van der Waals surface area contributed by atoms with Gasteiger partial charge in [-0.25, -0.2) is 0 Å². The molecule has 0 fully saturated rings. The van der Waals surface area contributed by atoms with Gasteiger partial charge in [0.25, 0.3) is 5.69 Å². The van der Waals surface area contributed by atoms with Gasteiger partial charge in [-0.2, -0.15) is 0 Å². The zero-order chi connectivity index (χ0) is 16.4. The van der Waals surface area contributed by atoms with Crippen molar-refractivity contribution < 1.29 is 9.72 Å². The van der Waals surface area contributed by atoms with E-state index in [1.54, 1.807) is 17.0 Å². The Labute approximate surface area is 133 Å². The molecule has 23 heavy (non-hydrogen) atoms. The van der Waals surface area contributed by atoms with Gasteiger partial charge in [0.15, 0.2) is 0 Å². The summed E-state index contributed by atoms with van der Waals surface area (Å²) in [5.74, 6) is -0.132. The van der Waals surface area contributed by atoms with E-state index < -0.39 is 11.0 Å². The summed E-state index contributed by atoms with van der Waals surface area (Å²) in [4.78, 5) is 24.6. The largest absolute Gasteiger partial charge is 0.333 e. The van der Waals surface area contributed by atoms with Crippen LogP contribution in [0.1, 0.15) is 16.7 Å². The minimum Gasteiger partial charge on any atom is -0.333 e. The molecule has 1 heterocycles. The molecule has 0 unspecified atom stereocenters. The van der Waals surface area contributed by atoms with E-state index in [9.17, 15) is 14.9 Å². The van der Waals surface area contributed by atoms with Crippen molar-refractivity contribution in [1.82, 2.24) is 4.90 Å². The monoisotopic (exact) mass is 311 g/mol. The Bertz CT molecular complexity index is 735. The highest BCUT2D eigenvalue weighted by Crippen LogP contribution is 2.23. The summed E-state index contributed by atoms with van der Waals surface area (Å²) < 4.78 is 0. The van der Waals surface area contributed by atoms with E-state index >= 15 is 0 Å². The lowest BCUT2D eigenvalue weighted by molar-refractivity contribution is -0.384. The fourth-order valence-electron chi connectivity index (χ4n) is 2.86. The second-order valence-electron chi connectivity index (χ2n) is 5.70. The molecule has 1 amide bonds. The number of hydrogen-bond acceptors (Lipinski definition) is 4. The molecule has 0 aliphatic carbocycles. The third kappa shape index (κ3) is 3.22. The van der Waals surface area contributed by atoms with Crippen LogP contribution in [0, 0.1) is 10.1 Å². The van der Waals surface area contributed by atoms with Crippen LogP contribution in [-0.4, -0.2) is 21.8 Å². The Morgan fingerprint density at radius 2 is 1.83 bits per heavy atom. The van der Waals surface area contributed by atoms with Crippen LogP contribution in [-0.2, 0) is 24.3 Å². The Kier molecular flexibility index (Phi) is 4.08. The maximum Gasteiger partial charge on any atom is 0.269 e. The SMILES string of the molecule is N[C@H](Cc1cccc([N+](=O)[O-])c1)C(=O)N1Cc2ccccc2C1. The second kappa shape index (κ2) is 6.18. The molecule has 0 saturated heterocycles. The van der Waals surface area contributed by atoms with Crippen LogP contribution >= 0.6 is 0 Å². The highest BCUT2D eigenvalue weighted by molar-refractivity contribution is 5.82. The number of non-ortho nitro benzene ring substituents is 1. The number of hydrogen-bond donors (Lipinski definition) is 1. The van der Waals surface area contributed by atoms with Crippen LogP contribution in [0.4, 0.5) is 5.69 Å². The summed E-state index contributed by atoms with van der Waals surface area (Å²) in [5, 5.41) is 10.8. The van der Waals surface area contributed by atoms with Crippen molar-refractivity contribution in [3.8, 4) is 0 Å². The van der Waals surface area contributed by atoms with Gasteiger partial charge >= 0.3 is 0 Å². The van der Waals surface area contributed by atoms with E-state index in [0.29, 0.717) is 18.7 Å². The number of carbonyl (C=O) groups is 1. The lowest BCUT2D eigenvalue weighted by Gasteiger charge is -2.20. The van der Waals surface area contributed by atoms with E-state index in [1.165, 1.54) is 12.1 Å². The van der Waals surface area contributed by atoms with Crippen molar-refractivity contribution in [2.75, 3.05) is 0 Å². The van der Waals surface area contributed by atoms with Crippen molar-refractivity contribution in [3.05, 3.63) is 75.3 Å². The highest BCUT2D eigenvalue weighted by atomic mass is 16.6. The number of nitro groups is 1. The number of fused-ring (bicyclic) bond motifs is 1. The molecule has 0 bridgehead atoms. The van der Waals surface area contributed by atoms with E-state index in [4.69, 9.17) is 5.73 Å². The molecule has 2 aromatic rings. The first-order valence-electron chi connectivity index (χ1n) is 7.39. The van der Waals surface area contributed by atoms with Gasteiger partial charge in [-0.05, 0) is 23.1 Å². The van der Waals surface area contributed by atoms with Crippen molar-refractivity contribution >= 4 is 11.6 Å². The fraction of sp³-hybridized carbons (Fsp3) is 0.235. The fourth-order valence-corrected chi connectivity index (χ4v) is 2.86. The standard InChI is InChI=1S/C17H17N3O3/c18-16(9-12-4-3-7-15(8-12)20(22)23)17(21)19-10-13-5-1-2-6-14(13)11-19/h1-8,16H,9-11,18H2/t16-/m1/s1.